The number of rotatable bonds is 2. The maximum atomic E-state index is 12.6. The number of aliphatic imine (C=N–C) groups is 1. The molecule has 0 aliphatic heterocycles. The van der Waals surface area contributed by atoms with Gasteiger partial charge in [-0.3, -0.25) is 4.99 Å². The second-order valence-corrected chi connectivity index (χ2v) is 1.74. The molecule has 0 aliphatic carbocycles. The van der Waals surface area contributed by atoms with Gasteiger partial charge in [-0.05, 0) is 26.1 Å². The summed E-state index contributed by atoms with van der Waals surface area (Å²) in [6.07, 6.45) is 2.86. The van der Waals surface area contributed by atoms with E-state index in [-0.39, 0.29) is 0 Å². The Bertz CT molecular complexity index is 207. The Morgan fingerprint density at radius 3 is 2.70 bits per heavy atom. The zero-order valence-corrected chi connectivity index (χ0v) is 6.19. The van der Waals surface area contributed by atoms with E-state index in [2.05, 4.69) is 17.4 Å². The van der Waals surface area contributed by atoms with Crippen molar-refractivity contribution in [1.29, 1.82) is 0 Å². The van der Waals surface area contributed by atoms with E-state index in [1.54, 1.807) is 19.9 Å². The van der Waals surface area contributed by atoms with Gasteiger partial charge >= 0.3 is 0 Å². The minimum atomic E-state index is -0.394. The van der Waals surface area contributed by atoms with Crippen molar-refractivity contribution in [3.63, 3.8) is 0 Å². The van der Waals surface area contributed by atoms with Gasteiger partial charge in [0.15, 0.2) is 5.83 Å². The first-order chi connectivity index (χ1) is 4.72. The molecular weight excluding hydrogens is 129 g/mol. The Labute approximate surface area is 60.3 Å². The van der Waals surface area contributed by atoms with Crippen LogP contribution in [-0.4, -0.2) is 6.72 Å². The van der Waals surface area contributed by atoms with E-state index in [4.69, 9.17) is 0 Å². The van der Waals surface area contributed by atoms with Crippen LogP contribution in [0.1, 0.15) is 13.8 Å². The van der Waals surface area contributed by atoms with Gasteiger partial charge in [-0.25, -0.2) is 0 Å². The maximum Gasteiger partial charge on any atom is 0.169 e. The Hall–Kier alpha value is -1.14. The van der Waals surface area contributed by atoms with Crippen LogP contribution in [0.3, 0.4) is 0 Å². The van der Waals surface area contributed by atoms with Gasteiger partial charge in [0.2, 0.25) is 0 Å². The summed E-state index contributed by atoms with van der Waals surface area (Å²) in [5.74, 6) is -0.394. The molecule has 0 radical (unpaired) electrons. The van der Waals surface area contributed by atoms with Crippen molar-refractivity contribution in [1.82, 2.24) is 0 Å². The van der Waals surface area contributed by atoms with E-state index in [1.807, 2.05) is 0 Å². The summed E-state index contributed by atoms with van der Waals surface area (Å²) < 4.78 is 12.6. The Balaban J connectivity index is 4.49. The maximum absolute atomic E-state index is 12.6. The van der Waals surface area contributed by atoms with Crippen LogP contribution in [0.2, 0.25) is 0 Å². The van der Waals surface area contributed by atoms with Crippen molar-refractivity contribution >= 4 is 6.72 Å². The zero-order chi connectivity index (χ0) is 7.98. The quantitative estimate of drug-likeness (QED) is 0.317. The summed E-state index contributed by atoms with van der Waals surface area (Å²) >= 11 is 0. The second kappa shape index (κ2) is 4.71. The first kappa shape index (κ1) is 8.86. The third-order valence-electron chi connectivity index (χ3n) is 1.06. The molecule has 1 nitrogen and oxygen atoms in total. The van der Waals surface area contributed by atoms with Crippen molar-refractivity contribution in [2.75, 3.05) is 0 Å². The lowest BCUT2D eigenvalue weighted by Crippen LogP contribution is -1.71. The van der Waals surface area contributed by atoms with E-state index in [0.717, 1.165) is 0 Å². The van der Waals surface area contributed by atoms with Gasteiger partial charge in [0.05, 0.1) is 6.20 Å². The van der Waals surface area contributed by atoms with Gasteiger partial charge in [-0.2, -0.15) is 4.39 Å². The van der Waals surface area contributed by atoms with Gasteiger partial charge in [0.1, 0.15) is 0 Å². The monoisotopic (exact) mass is 139 g/mol. The predicted octanol–water partition coefficient (Wildman–Crippen LogP) is 2.62. The highest BCUT2D eigenvalue weighted by Crippen LogP contribution is 2.07. The Kier molecular flexibility index (Phi) is 4.17. The van der Waals surface area contributed by atoms with E-state index >= 15 is 0 Å². The summed E-state index contributed by atoms with van der Waals surface area (Å²) in [5.41, 5.74) is 2.87. The lowest BCUT2D eigenvalue weighted by Gasteiger charge is -1.87. The molecule has 0 unspecified atom stereocenters. The molecule has 0 amide bonds. The molecule has 54 valence electrons. The minimum Gasteiger partial charge on any atom is -0.264 e. The van der Waals surface area contributed by atoms with Crippen LogP contribution in [0.15, 0.2) is 34.4 Å². The first-order valence-corrected chi connectivity index (χ1v) is 2.92. The molecule has 0 atom stereocenters. The smallest absolute Gasteiger partial charge is 0.169 e. The lowest BCUT2D eigenvalue weighted by atomic mass is 10.3. The van der Waals surface area contributed by atoms with Gasteiger partial charge < -0.3 is 0 Å². The Morgan fingerprint density at radius 2 is 2.30 bits per heavy atom. The molecule has 0 aliphatic rings. The lowest BCUT2D eigenvalue weighted by molar-refractivity contribution is 0.653. The molecule has 0 saturated heterocycles. The predicted molar refractivity (Wildman–Crippen MR) is 41.7 cm³/mol. The van der Waals surface area contributed by atoms with E-state index in [9.17, 15) is 4.39 Å². The average Bonchev–Trinajstić information content (AvgIpc) is 1.98. The number of allylic oxidation sites excluding steroid dienone is 3. The molecule has 0 spiro atoms. The third-order valence-corrected chi connectivity index (χ3v) is 1.06. The van der Waals surface area contributed by atoms with Crippen molar-refractivity contribution in [3.05, 3.63) is 29.4 Å². The van der Waals surface area contributed by atoms with Crippen LogP contribution >= 0.6 is 0 Å². The molecule has 0 rings (SSSR count). The summed E-state index contributed by atoms with van der Waals surface area (Å²) in [6, 6.07) is 0. The summed E-state index contributed by atoms with van der Waals surface area (Å²) in [4.78, 5) is 3.32. The van der Waals surface area contributed by atoms with Crippen LogP contribution < -0.4 is 0 Å². The number of hydrogen-bond donors (Lipinski definition) is 0. The van der Waals surface area contributed by atoms with Crippen molar-refractivity contribution in [2.45, 2.75) is 13.8 Å². The van der Waals surface area contributed by atoms with Gasteiger partial charge in [0, 0.05) is 0 Å². The Morgan fingerprint density at radius 1 is 1.70 bits per heavy atom. The summed E-state index contributed by atoms with van der Waals surface area (Å²) in [7, 11) is 0. The molecule has 0 heterocycles. The van der Waals surface area contributed by atoms with E-state index in [0.29, 0.717) is 5.57 Å². The normalized spacial score (nSPS) is 10.1. The minimum absolute atomic E-state index is 0.394. The van der Waals surface area contributed by atoms with E-state index < -0.39 is 5.83 Å². The molecule has 0 aromatic rings. The average molecular weight is 139 g/mol. The van der Waals surface area contributed by atoms with Crippen LogP contribution in [0, 0.1) is 0 Å². The fourth-order valence-corrected chi connectivity index (χ4v) is 0.343. The number of hydrogen-bond acceptors (Lipinski definition) is 1. The van der Waals surface area contributed by atoms with Crippen molar-refractivity contribution in [2.24, 2.45) is 4.99 Å². The van der Waals surface area contributed by atoms with E-state index in [1.165, 1.54) is 6.20 Å². The molecule has 2 heteroatoms. The highest BCUT2D eigenvalue weighted by Gasteiger charge is 1.91. The molecule has 0 fully saturated rings. The molecule has 0 aromatic heterocycles. The largest absolute Gasteiger partial charge is 0.264 e. The van der Waals surface area contributed by atoms with Crippen LogP contribution in [0.4, 0.5) is 4.39 Å². The molecule has 0 N–H and O–H groups in total. The second-order valence-electron chi connectivity index (χ2n) is 1.74. The van der Waals surface area contributed by atoms with Crippen LogP contribution in [0.25, 0.3) is 0 Å². The third kappa shape index (κ3) is 3.00. The van der Waals surface area contributed by atoms with Crippen LogP contribution in [0.5, 0.6) is 0 Å². The van der Waals surface area contributed by atoms with Crippen molar-refractivity contribution in [3.8, 4) is 0 Å². The molecule has 0 saturated carbocycles. The van der Waals surface area contributed by atoms with Gasteiger partial charge in [0.25, 0.3) is 0 Å². The zero-order valence-electron chi connectivity index (χ0n) is 6.19. The summed E-state index contributed by atoms with van der Waals surface area (Å²) in [5, 5.41) is 0. The summed E-state index contributed by atoms with van der Waals surface area (Å²) in [6.45, 7) is 6.58. The van der Waals surface area contributed by atoms with Crippen LogP contribution in [-0.2, 0) is 0 Å². The fraction of sp³-hybridized carbons (Fsp3) is 0.250. The highest BCUT2D eigenvalue weighted by atomic mass is 19.1. The number of halogens is 1. The molecule has 0 bridgehead atoms. The van der Waals surface area contributed by atoms with Crippen molar-refractivity contribution < 1.29 is 4.39 Å². The number of nitrogens with zero attached hydrogens (tertiary/aromatic N) is 1. The molecular formula is C8H10FN. The van der Waals surface area contributed by atoms with Gasteiger partial charge in [-0.15, -0.1) is 0 Å². The topological polar surface area (TPSA) is 12.4 Å². The molecule has 10 heavy (non-hydrogen) atoms. The first-order valence-electron chi connectivity index (χ1n) is 2.92. The highest BCUT2D eigenvalue weighted by molar-refractivity contribution is 5.27. The SMILES string of the molecule is C=NC=C=C(F)/C(C)=C\C. The standard InChI is InChI=1S/C8H10FN/c1-4-7(2)8(9)5-6-10-3/h4,6H,3H2,1-2H3/b7-4-. The molecule has 0 aromatic carbocycles. The van der Waals surface area contributed by atoms with Gasteiger partial charge in [-0.1, -0.05) is 11.8 Å². The fourth-order valence-electron chi connectivity index (χ4n) is 0.343.